The molecule has 0 spiro atoms. The Morgan fingerprint density at radius 1 is 1.05 bits per heavy atom. The van der Waals surface area contributed by atoms with Crippen molar-refractivity contribution in [2.45, 2.75) is 20.8 Å². The van der Waals surface area contributed by atoms with Crippen LogP contribution in [0.2, 0.25) is 0 Å². The van der Waals surface area contributed by atoms with Crippen molar-refractivity contribution >= 4 is 5.78 Å². The summed E-state index contributed by atoms with van der Waals surface area (Å²) in [6, 6.07) is 6.32. The maximum Gasteiger partial charge on any atom is 0.201 e. The number of benzene rings is 2. The van der Waals surface area contributed by atoms with E-state index in [1.165, 1.54) is 20.1 Å². The minimum atomic E-state index is -0.221. The highest BCUT2D eigenvalue weighted by atomic mass is 16.5. The van der Waals surface area contributed by atoms with Crippen LogP contribution in [-0.4, -0.2) is 23.1 Å². The number of ketones is 1. The predicted octanol–water partition coefficient (Wildman–Crippen LogP) is 3.72. The summed E-state index contributed by atoms with van der Waals surface area (Å²) >= 11 is 0. The first kappa shape index (κ1) is 15.7. The van der Waals surface area contributed by atoms with Crippen LogP contribution in [0, 0.1) is 13.8 Å². The molecule has 0 saturated heterocycles. The summed E-state index contributed by atoms with van der Waals surface area (Å²) in [5.74, 6) is 0.342. The number of hydrogen-bond donors (Lipinski definition) is 2. The summed E-state index contributed by atoms with van der Waals surface area (Å²) in [6.45, 7) is 4.94. The number of carbonyl (C=O) groups excluding carboxylic acids is 1. The van der Waals surface area contributed by atoms with Crippen LogP contribution >= 0.6 is 0 Å². The average Bonchev–Trinajstić information content (AvgIpc) is 2.41. The minimum absolute atomic E-state index is 0.124. The highest BCUT2D eigenvalue weighted by Gasteiger charge is 2.15. The third kappa shape index (κ3) is 2.98. The zero-order valence-corrected chi connectivity index (χ0v) is 12.9. The largest absolute Gasteiger partial charge is 0.507 e. The number of rotatable bonds is 4. The van der Waals surface area contributed by atoms with Crippen LogP contribution in [0.3, 0.4) is 0 Å². The van der Waals surface area contributed by atoms with Gasteiger partial charge in [0.05, 0.1) is 12.7 Å². The molecule has 0 saturated carbocycles. The molecular formula is C17H18O5. The van der Waals surface area contributed by atoms with Gasteiger partial charge < -0.3 is 19.7 Å². The zero-order chi connectivity index (χ0) is 16.4. The molecule has 0 fully saturated rings. The van der Waals surface area contributed by atoms with Gasteiger partial charge in [-0.2, -0.15) is 0 Å². The number of methoxy groups -OCH3 is 1. The number of carbonyl (C=O) groups is 1. The van der Waals surface area contributed by atoms with Crippen molar-refractivity contribution in [1.29, 1.82) is 0 Å². The monoisotopic (exact) mass is 302 g/mol. The topological polar surface area (TPSA) is 76.0 Å². The number of phenolic OH excluding ortho intramolecular Hbond substituents is 2. The Morgan fingerprint density at radius 2 is 1.68 bits per heavy atom. The smallest absolute Gasteiger partial charge is 0.201 e. The Kier molecular flexibility index (Phi) is 4.26. The van der Waals surface area contributed by atoms with Gasteiger partial charge in [-0.15, -0.1) is 0 Å². The SMILES string of the molecule is COc1cc(C)cc(Oc2cc(C)c(C(C)=O)c(O)c2)c1O. The molecule has 0 heterocycles. The fourth-order valence-corrected chi connectivity index (χ4v) is 2.33. The number of aryl methyl sites for hydroxylation is 2. The van der Waals surface area contributed by atoms with E-state index in [0.29, 0.717) is 17.1 Å². The molecule has 0 aromatic heterocycles. The second-order valence-corrected chi connectivity index (χ2v) is 5.11. The Labute approximate surface area is 128 Å². The van der Waals surface area contributed by atoms with Crippen LogP contribution < -0.4 is 9.47 Å². The molecule has 2 aromatic rings. The fourth-order valence-electron chi connectivity index (χ4n) is 2.33. The minimum Gasteiger partial charge on any atom is -0.507 e. The summed E-state index contributed by atoms with van der Waals surface area (Å²) in [5, 5.41) is 20.0. The number of phenols is 2. The summed E-state index contributed by atoms with van der Waals surface area (Å²) < 4.78 is 10.7. The van der Waals surface area contributed by atoms with Crippen molar-refractivity contribution in [1.82, 2.24) is 0 Å². The van der Waals surface area contributed by atoms with Gasteiger partial charge in [-0.05, 0) is 50.1 Å². The zero-order valence-electron chi connectivity index (χ0n) is 12.9. The summed E-state index contributed by atoms with van der Waals surface area (Å²) in [6.07, 6.45) is 0. The molecule has 0 aliphatic rings. The van der Waals surface area contributed by atoms with E-state index < -0.39 is 0 Å². The quantitative estimate of drug-likeness (QED) is 0.842. The van der Waals surface area contributed by atoms with E-state index in [1.54, 1.807) is 25.1 Å². The van der Waals surface area contributed by atoms with E-state index in [9.17, 15) is 15.0 Å². The van der Waals surface area contributed by atoms with Crippen LogP contribution in [0.15, 0.2) is 24.3 Å². The van der Waals surface area contributed by atoms with Gasteiger partial charge in [0.15, 0.2) is 17.3 Å². The van der Waals surface area contributed by atoms with Crippen molar-refractivity contribution < 1.29 is 24.5 Å². The first-order valence-corrected chi connectivity index (χ1v) is 6.73. The van der Waals surface area contributed by atoms with E-state index in [4.69, 9.17) is 9.47 Å². The van der Waals surface area contributed by atoms with E-state index in [2.05, 4.69) is 0 Å². The second-order valence-electron chi connectivity index (χ2n) is 5.11. The summed E-state index contributed by atoms with van der Waals surface area (Å²) in [5.41, 5.74) is 1.71. The third-order valence-corrected chi connectivity index (χ3v) is 3.27. The lowest BCUT2D eigenvalue weighted by Crippen LogP contribution is -1.98. The highest BCUT2D eigenvalue weighted by Crippen LogP contribution is 2.40. The molecule has 5 heteroatoms. The van der Waals surface area contributed by atoms with Gasteiger partial charge >= 0.3 is 0 Å². The molecule has 0 bridgehead atoms. The number of ether oxygens (including phenoxy) is 2. The molecule has 0 aliphatic carbocycles. The van der Waals surface area contributed by atoms with Gasteiger partial charge in [-0.1, -0.05) is 0 Å². The first-order valence-electron chi connectivity index (χ1n) is 6.73. The van der Waals surface area contributed by atoms with Crippen molar-refractivity contribution in [2.75, 3.05) is 7.11 Å². The van der Waals surface area contributed by atoms with Gasteiger partial charge in [0.1, 0.15) is 11.5 Å². The van der Waals surface area contributed by atoms with Gasteiger partial charge in [0.2, 0.25) is 5.75 Å². The predicted molar refractivity (Wildman–Crippen MR) is 82.3 cm³/mol. The Hall–Kier alpha value is -2.69. The molecule has 0 aliphatic heterocycles. The molecule has 5 nitrogen and oxygen atoms in total. The van der Waals surface area contributed by atoms with E-state index >= 15 is 0 Å². The molecule has 116 valence electrons. The molecule has 0 atom stereocenters. The van der Waals surface area contributed by atoms with Crippen molar-refractivity contribution in [3.63, 3.8) is 0 Å². The average molecular weight is 302 g/mol. The lowest BCUT2D eigenvalue weighted by molar-refractivity contribution is 0.101. The Balaban J connectivity index is 2.44. The molecule has 0 radical (unpaired) electrons. The lowest BCUT2D eigenvalue weighted by atomic mass is 10.0. The first-order chi connectivity index (χ1) is 10.3. The van der Waals surface area contributed by atoms with Crippen LogP contribution in [0.4, 0.5) is 0 Å². The number of aromatic hydroxyl groups is 2. The molecular weight excluding hydrogens is 284 g/mol. The Morgan fingerprint density at radius 3 is 2.23 bits per heavy atom. The normalized spacial score (nSPS) is 10.4. The molecule has 0 unspecified atom stereocenters. The van der Waals surface area contributed by atoms with Gasteiger partial charge in [-0.3, -0.25) is 4.79 Å². The lowest BCUT2D eigenvalue weighted by Gasteiger charge is -2.13. The third-order valence-electron chi connectivity index (χ3n) is 3.27. The highest BCUT2D eigenvalue weighted by molar-refractivity contribution is 5.98. The van der Waals surface area contributed by atoms with Crippen molar-refractivity contribution in [3.8, 4) is 28.7 Å². The summed E-state index contributed by atoms with van der Waals surface area (Å²) in [7, 11) is 1.45. The van der Waals surface area contributed by atoms with Gasteiger partial charge in [-0.25, -0.2) is 0 Å². The van der Waals surface area contributed by atoms with Crippen molar-refractivity contribution in [3.05, 3.63) is 41.0 Å². The van der Waals surface area contributed by atoms with Gasteiger partial charge in [0.25, 0.3) is 0 Å². The number of hydrogen-bond acceptors (Lipinski definition) is 5. The molecule has 0 amide bonds. The van der Waals surface area contributed by atoms with E-state index in [1.807, 2.05) is 6.92 Å². The van der Waals surface area contributed by atoms with Gasteiger partial charge in [0, 0.05) is 6.07 Å². The molecule has 2 aromatic carbocycles. The summed E-state index contributed by atoms with van der Waals surface area (Å²) in [4.78, 5) is 11.5. The number of Topliss-reactive ketones (excluding diaryl/α,β-unsaturated/α-hetero) is 1. The van der Waals surface area contributed by atoms with Crippen LogP contribution in [0.25, 0.3) is 0 Å². The maximum absolute atomic E-state index is 11.5. The molecule has 22 heavy (non-hydrogen) atoms. The molecule has 2 N–H and O–H groups in total. The van der Waals surface area contributed by atoms with Crippen LogP contribution in [0.1, 0.15) is 28.4 Å². The maximum atomic E-state index is 11.5. The molecule has 2 rings (SSSR count). The fraction of sp³-hybridized carbons (Fsp3) is 0.235. The van der Waals surface area contributed by atoms with Crippen molar-refractivity contribution in [2.24, 2.45) is 0 Å². The van der Waals surface area contributed by atoms with Crippen LogP contribution in [-0.2, 0) is 0 Å². The van der Waals surface area contributed by atoms with E-state index in [0.717, 1.165) is 5.56 Å². The van der Waals surface area contributed by atoms with E-state index in [-0.39, 0.29) is 28.6 Å². The van der Waals surface area contributed by atoms with Crippen LogP contribution in [0.5, 0.6) is 28.7 Å². The Bertz CT molecular complexity index is 711. The standard InChI is InChI=1S/C17H18O5/c1-9-5-14(21-4)17(20)15(6-9)22-12-7-10(2)16(11(3)18)13(19)8-12/h5-8,19-20H,1-4H3. The second kappa shape index (κ2) is 5.97.